The predicted molar refractivity (Wildman–Crippen MR) is 110 cm³/mol. The van der Waals surface area contributed by atoms with Crippen LogP contribution in [0.1, 0.15) is 16.7 Å². The zero-order valence-electron chi connectivity index (χ0n) is 15.6. The Labute approximate surface area is 168 Å². The lowest BCUT2D eigenvalue weighted by Crippen LogP contribution is -2.13. The number of hydrogen-bond donors (Lipinski definition) is 4. The van der Waals surface area contributed by atoms with Crippen LogP contribution in [-0.4, -0.2) is 28.3 Å². The van der Waals surface area contributed by atoms with Crippen LogP contribution in [-0.2, 0) is 6.54 Å². The number of hydrogen-bond acceptors (Lipinski definition) is 7. The van der Waals surface area contributed by atoms with Crippen molar-refractivity contribution < 1.29 is 10.2 Å². The van der Waals surface area contributed by atoms with Crippen molar-refractivity contribution in [1.82, 2.24) is 4.98 Å². The number of nitrogens with zero attached hydrogens (tertiary/aromatic N) is 3. The molecule has 4 N–H and O–H groups in total. The fourth-order valence-corrected chi connectivity index (χ4v) is 2.96. The summed E-state index contributed by atoms with van der Waals surface area (Å²) < 4.78 is 0. The average molecular weight is 385 g/mol. The number of aromatic nitrogens is 1. The van der Waals surface area contributed by atoms with Crippen LogP contribution in [0.3, 0.4) is 0 Å². The quantitative estimate of drug-likeness (QED) is 0.492. The molecule has 0 unspecified atom stereocenters. The summed E-state index contributed by atoms with van der Waals surface area (Å²) in [5, 5.41) is 44.8. The van der Waals surface area contributed by atoms with E-state index in [0.29, 0.717) is 23.5 Å². The SMILES string of the molecule is N#Cc1c(NCCO)nc(NCc2ccccc2)c(C#N)c1-c1cccc(O)c1. The Bertz CT molecular complexity index is 1080. The molecule has 7 heteroatoms. The Morgan fingerprint density at radius 3 is 2.21 bits per heavy atom. The van der Waals surface area contributed by atoms with Crippen molar-refractivity contribution in [3.05, 3.63) is 71.3 Å². The molecule has 144 valence electrons. The molecule has 0 fully saturated rings. The van der Waals surface area contributed by atoms with Crippen molar-refractivity contribution in [2.45, 2.75) is 6.54 Å². The van der Waals surface area contributed by atoms with Crippen molar-refractivity contribution in [1.29, 1.82) is 10.5 Å². The van der Waals surface area contributed by atoms with Gasteiger partial charge in [-0.1, -0.05) is 42.5 Å². The molecule has 0 atom stereocenters. The van der Waals surface area contributed by atoms with E-state index in [4.69, 9.17) is 5.11 Å². The van der Waals surface area contributed by atoms with Crippen LogP contribution >= 0.6 is 0 Å². The zero-order chi connectivity index (χ0) is 20.6. The van der Waals surface area contributed by atoms with Crippen LogP contribution in [0.15, 0.2) is 54.6 Å². The molecule has 29 heavy (non-hydrogen) atoms. The van der Waals surface area contributed by atoms with Crippen LogP contribution < -0.4 is 10.6 Å². The van der Waals surface area contributed by atoms with E-state index in [-0.39, 0.29) is 35.8 Å². The van der Waals surface area contributed by atoms with Gasteiger partial charge in [-0.15, -0.1) is 0 Å². The Morgan fingerprint density at radius 2 is 1.59 bits per heavy atom. The van der Waals surface area contributed by atoms with E-state index in [0.717, 1.165) is 5.56 Å². The molecule has 0 radical (unpaired) electrons. The summed E-state index contributed by atoms with van der Waals surface area (Å²) in [4.78, 5) is 4.43. The zero-order valence-corrected chi connectivity index (χ0v) is 15.6. The lowest BCUT2D eigenvalue weighted by atomic mass is 9.95. The summed E-state index contributed by atoms with van der Waals surface area (Å²) in [7, 11) is 0. The average Bonchev–Trinajstić information content (AvgIpc) is 2.76. The first kappa shape index (κ1) is 19.7. The standard InChI is InChI=1S/C22H19N5O2/c23-12-18-20(16-7-4-8-17(29)11-16)19(13-24)22(27-21(18)25-9-10-28)26-14-15-5-2-1-3-6-15/h1-8,11,28-29H,9-10,14H2,(H2,25,26,27). The van der Waals surface area contributed by atoms with E-state index in [1.54, 1.807) is 12.1 Å². The van der Waals surface area contributed by atoms with E-state index in [9.17, 15) is 15.6 Å². The van der Waals surface area contributed by atoms with Crippen LogP contribution in [0, 0.1) is 22.7 Å². The van der Waals surface area contributed by atoms with Crippen molar-refractivity contribution in [3.63, 3.8) is 0 Å². The van der Waals surface area contributed by atoms with E-state index >= 15 is 0 Å². The van der Waals surface area contributed by atoms with E-state index in [1.165, 1.54) is 12.1 Å². The largest absolute Gasteiger partial charge is 0.508 e. The second-order valence-corrected chi connectivity index (χ2v) is 6.20. The summed E-state index contributed by atoms with van der Waals surface area (Å²) in [6.45, 7) is 0.499. The Balaban J connectivity index is 2.15. The van der Waals surface area contributed by atoms with Crippen molar-refractivity contribution in [3.8, 4) is 29.0 Å². The van der Waals surface area contributed by atoms with Gasteiger partial charge in [-0.2, -0.15) is 10.5 Å². The maximum atomic E-state index is 9.89. The van der Waals surface area contributed by atoms with Crippen molar-refractivity contribution in [2.24, 2.45) is 0 Å². The van der Waals surface area contributed by atoms with E-state index in [2.05, 4.69) is 27.8 Å². The van der Waals surface area contributed by atoms with Gasteiger partial charge in [0.15, 0.2) is 0 Å². The number of phenolic OH excluding ortho intramolecular Hbond substituents is 1. The van der Waals surface area contributed by atoms with E-state index < -0.39 is 0 Å². The lowest BCUT2D eigenvalue weighted by molar-refractivity contribution is 0.311. The van der Waals surface area contributed by atoms with Gasteiger partial charge >= 0.3 is 0 Å². The monoisotopic (exact) mass is 385 g/mol. The molecule has 3 aromatic rings. The number of nitrogens with one attached hydrogen (secondary N) is 2. The van der Waals surface area contributed by atoms with Gasteiger partial charge in [-0.3, -0.25) is 0 Å². The summed E-state index contributed by atoms with van der Waals surface area (Å²) in [5.41, 5.74) is 2.28. The minimum atomic E-state index is -0.138. The molecule has 0 aliphatic heterocycles. The first-order chi connectivity index (χ1) is 14.2. The minimum Gasteiger partial charge on any atom is -0.508 e. The summed E-state index contributed by atoms with van der Waals surface area (Å²) >= 11 is 0. The predicted octanol–water partition coefficient (Wildman–Crippen LogP) is 3.21. The molecular formula is C22H19N5O2. The van der Waals surface area contributed by atoms with Crippen LogP contribution in [0.25, 0.3) is 11.1 Å². The molecule has 0 saturated carbocycles. The summed E-state index contributed by atoms with van der Waals surface area (Å²) in [5.74, 6) is 0.597. The first-order valence-corrected chi connectivity index (χ1v) is 8.98. The minimum absolute atomic E-state index is 0.0238. The van der Waals surface area contributed by atoms with Gasteiger partial charge in [0.05, 0.1) is 6.61 Å². The molecule has 0 aliphatic carbocycles. The molecule has 0 spiro atoms. The van der Waals surface area contributed by atoms with Gasteiger partial charge < -0.3 is 20.8 Å². The smallest absolute Gasteiger partial charge is 0.147 e. The number of aromatic hydroxyl groups is 1. The van der Waals surface area contributed by atoms with Gasteiger partial charge in [0, 0.05) is 18.7 Å². The highest BCUT2D eigenvalue weighted by Gasteiger charge is 2.21. The lowest BCUT2D eigenvalue weighted by Gasteiger charge is -2.17. The third kappa shape index (κ3) is 4.44. The van der Waals surface area contributed by atoms with Crippen LogP contribution in [0.2, 0.25) is 0 Å². The Morgan fingerprint density at radius 1 is 0.897 bits per heavy atom. The topological polar surface area (TPSA) is 125 Å². The molecule has 0 aliphatic rings. The molecular weight excluding hydrogens is 366 g/mol. The number of aliphatic hydroxyl groups excluding tert-OH is 1. The summed E-state index contributed by atoms with van der Waals surface area (Å²) in [6, 6.07) is 20.3. The van der Waals surface area contributed by atoms with Gasteiger partial charge in [-0.25, -0.2) is 4.98 Å². The van der Waals surface area contributed by atoms with Gasteiger partial charge in [0.2, 0.25) is 0 Å². The fourth-order valence-electron chi connectivity index (χ4n) is 2.96. The molecule has 2 aromatic carbocycles. The number of benzene rings is 2. The number of aliphatic hydroxyl groups is 1. The highest BCUT2D eigenvalue weighted by atomic mass is 16.3. The maximum Gasteiger partial charge on any atom is 0.147 e. The molecule has 1 aromatic heterocycles. The first-order valence-electron chi connectivity index (χ1n) is 8.98. The Kier molecular flexibility index (Phi) is 6.26. The molecule has 0 amide bonds. The van der Waals surface area contributed by atoms with Crippen LogP contribution in [0.4, 0.5) is 11.6 Å². The number of nitriles is 2. The van der Waals surface area contributed by atoms with Crippen LogP contribution in [0.5, 0.6) is 5.75 Å². The number of phenols is 1. The number of anilines is 2. The highest BCUT2D eigenvalue weighted by molar-refractivity contribution is 5.85. The van der Waals surface area contributed by atoms with E-state index in [1.807, 2.05) is 30.3 Å². The third-order valence-electron chi connectivity index (χ3n) is 4.26. The normalized spacial score (nSPS) is 10.0. The van der Waals surface area contributed by atoms with Gasteiger partial charge in [0.1, 0.15) is 40.7 Å². The molecule has 1 heterocycles. The fraction of sp³-hybridized carbons (Fsp3) is 0.136. The molecule has 3 rings (SSSR count). The molecule has 0 saturated heterocycles. The second-order valence-electron chi connectivity index (χ2n) is 6.20. The number of pyridine rings is 1. The van der Waals surface area contributed by atoms with Crippen molar-refractivity contribution in [2.75, 3.05) is 23.8 Å². The van der Waals surface area contributed by atoms with Gasteiger partial charge in [-0.05, 0) is 23.3 Å². The maximum absolute atomic E-state index is 9.89. The third-order valence-corrected chi connectivity index (χ3v) is 4.26. The van der Waals surface area contributed by atoms with Gasteiger partial charge in [0.25, 0.3) is 0 Å². The Hall–Kier alpha value is -4.07. The molecule has 0 bridgehead atoms. The van der Waals surface area contributed by atoms with Crippen molar-refractivity contribution >= 4 is 11.6 Å². The second kappa shape index (κ2) is 9.23. The molecule has 7 nitrogen and oxygen atoms in total. The highest BCUT2D eigenvalue weighted by Crippen LogP contribution is 2.36. The summed E-state index contributed by atoms with van der Waals surface area (Å²) in [6.07, 6.45) is 0. The number of rotatable bonds is 7.